The molecule has 0 bridgehead atoms. The number of hydrogen-bond donors (Lipinski definition) is 1. The SMILES string of the molecule is COc1ccc(OC)c([C@@H]2[C@@H]3CCCC[C@@]3(O)CCN2C(=O)c2ccccc2F)c1. The molecule has 1 aliphatic carbocycles. The number of carbonyl (C=O) groups is 1. The molecule has 0 spiro atoms. The number of fused-ring (bicyclic) bond motifs is 1. The van der Waals surface area contributed by atoms with E-state index in [0.717, 1.165) is 24.8 Å². The van der Waals surface area contributed by atoms with E-state index in [0.29, 0.717) is 30.9 Å². The molecule has 0 aromatic heterocycles. The van der Waals surface area contributed by atoms with Gasteiger partial charge in [0.15, 0.2) is 0 Å². The minimum Gasteiger partial charge on any atom is -0.497 e. The van der Waals surface area contributed by atoms with Gasteiger partial charge >= 0.3 is 0 Å². The molecular weight excluding hydrogens is 385 g/mol. The monoisotopic (exact) mass is 413 g/mol. The van der Waals surface area contributed by atoms with Crippen molar-refractivity contribution in [2.75, 3.05) is 20.8 Å². The second-order valence-corrected chi connectivity index (χ2v) is 8.24. The van der Waals surface area contributed by atoms with Crippen LogP contribution in [0.15, 0.2) is 42.5 Å². The maximum Gasteiger partial charge on any atom is 0.257 e. The zero-order chi connectivity index (χ0) is 21.3. The maximum atomic E-state index is 14.5. The highest BCUT2D eigenvalue weighted by Gasteiger charge is 2.51. The number of halogens is 1. The van der Waals surface area contributed by atoms with Gasteiger partial charge in [0.25, 0.3) is 5.91 Å². The normalized spacial score (nSPS) is 26.1. The first-order valence-electron chi connectivity index (χ1n) is 10.5. The summed E-state index contributed by atoms with van der Waals surface area (Å²) < 4.78 is 25.5. The van der Waals surface area contributed by atoms with Gasteiger partial charge < -0.3 is 19.5 Å². The molecule has 5 nitrogen and oxygen atoms in total. The Hall–Kier alpha value is -2.60. The molecule has 2 fully saturated rings. The van der Waals surface area contributed by atoms with Crippen molar-refractivity contribution >= 4 is 5.91 Å². The Bertz CT molecular complexity index is 933. The molecule has 2 aromatic rings. The summed E-state index contributed by atoms with van der Waals surface area (Å²) in [6.45, 7) is 0.352. The summed E-state index contributed by atoms with van der Waals surface area (Å²) in [6, 6.07) is 11.1. The molecule has 160 valence electrons. The molecule has 4 rings (SSSR count). The van der Waals surface area contributed by atoms with E-state index in [2.05, 4.69) is 0 Å². The Morgan fingerprint density at radius 3 is 2.67 bits per heavy atom. The molecule has 1 amide bonds. The number of hydrogen-bond acceptors (Lipinski definition) is 4. The van der Waals surface area contributed by atoms with E-state index < -0.39 is 17.5 Å². The fourth-order valence-electron chi connectivity index (χ4n) is 5.15. The number of likely N-dealkylation sites (tertiary alicyclic amines) is 1. The van der Waals surface area contributed by atoms with E-state index >= 15 is 0 Å². The summed E-state index contributed by atoms with van der Waals surface area (Å²) >= 11 is 0. The van der Waals surface area contributed by atoms with Crippen LogP contribution in [0.5, 0.6) is 11.5 Å². The summed E-state index contributed by atoms with van der Waals surface area (Å²) in [4.78, 5) is 15.2. The number of benzene rings is 2. The third kappa shape index (κ3) is 3.54. The third-order valence-corrected chi connectivity index (χ3v) is 6.69. The second kappa shape index (κ2) is 8.26. The van der Waals surface area contributed by atoms with Gasteiger partial charge in [-0.15, -0.1) is 0 Å². The number of amides is 1. The molecule has 1 saturated carbocycles. The topological polar surface area (TPSA) is 59.0 Å². The summed E-state index contributed by atoms with van der Waals surface area (Å²) in [7, 11) is 3.18. The summed E-state index contributed by atoms with van der Waals surface area (Å²) in [6.07, 6.45) is 3.94. The third-order valence-electron chi connectivity index (χ3n) is 6.69. The maximum absolute atomic E-state index is 14.5. The molecule has 2 aliphatic rings. The van der Waals surface area contributed by atoms with Crippen LogP contribution < -0.4 is 9.47 Å². The van der Waals surface area contributed by atoms with E-state index in [-0.39, 0.29) is 17.4 Å². The Morgan fingerprint density at radius 2 is 1.93 bits per heavy atom. The Morgan fingerprint density at radius 1 is 1.13 bits per heavy atom. The molecule has 1 N–H and O–H groups in total. The summed E-state index contributed by atoms with van der Waals surface area (Å²) in [5.74, 6) is 0.214. The number of aliphatic hydroxyl groups is 1. The number of carbonyl (C=O) groups excluding carboxylic acids is 1. The van der Waals surface area contributed by atoms with Gasteiger partial charge in [0, 0.05) is 18.0 Å². The van der Waals surface area contributed by atoms with Crippen LogP contribution in [-0.4, -0.2) is 42.3 Å². The highest BCUT2D eigenvalue weighted by atomic mass is 19.1. The van der Waals surface area contributed by atoms with Crippen molar-refractivity contribution in [3.63, 3.8) is 0 Å². The Balaban J connectivity index is 1.84. The first-order valence-corrected chi connectivity index (χ1v) is 10.5. The molecule has 3 atom stereocenters. The van der Waals surface area contributed by atoms with Crippen molar-refractivity contribution in [2.45, 2.75) is 43.7 Å². The van der Waals surface area contributed by atoms with Crippen LogP contribution in [-0.2, 0) is 0 Å². The molecule has 0 radical (unpaired) electrons. The molecule has 2 aromatic carbocycles. The number of ether oxygens (including phenoxy) is 2. The van der Waals surface area contributed by atoms with Gasteiger partial charge in [0.05, 0.1) is 31.4 Å². The molecule has 0 unspecified atom stereocenters. The smallest absolute Gasteiger partial charge is 0.257 e. The summed E-state index contributed by atoms with van der Waals surface area (Å²) in [5.41, 5.74) is -0.0135. The summed E-state index contributed by atoms with van der Waals surface area (Å²) in [5, 5.41) is 11.5. The van der Waals surface area contributed by atoms with Crippen molar-refractivity contribution in [3.8, 4) is 11.5 Å². The molecule has 30 heavy (non-hydrogen) atoms. The van der Waals surface area contributed by atoms with Gasteiger partial charge in [-0.25, -0.2) is 4.39 Å². The predicted octanol–water partition coefficient (Wildman–Crippen LogP) is 4.35. The van der Waals surface area contributed by atoms with Crippen molar-refractivity contribution in [1.29, 1.82) is 0 Å². The van der Waals surface area contributed by atoms with Crippen molar-refractivity contribution in [2.24, 2.45) is 5.92 Å². The highest BCUT2D eigenvalue weighted by Crippen LogP contribution is 2.51. The van der Waals surface area contributed by atoms with Crippen molar-refractivity contribution in [1.82, 2.24) is 4.90 Å². The average molecular weight is 413 g/mol. The van der Waals surface area contributed by atoms with Crippen LogP contribution in [0.4, 0.5) is 4.39 Å². The van der Waals surface area contributed by atoms with Gasteiger partial charge in [-0.1, -0.05) is 25.0 Å². The van der Waals surface area contributed by atoms with Gasteiger partial charge in [-0.05, 0) is 49.6 Å². The Kier molecular flexibility index (Phi) is 5.69. The lowest BCUT2D eigenvalue weighted by Gasteiger charge is -2.52. The Labute approximate surface area is 176 Å². The zero-order valence-corrected chi connectivity index (χ0v) is 17.4. The van der Waals surface area contributed by atoms with Crippen LogP contribution >= 0.6 is 0 Å². The first-order chi connectivity index (χ1) is 14.5. The lowest BCUT2D eigenvalue weighted by Crippen LogP contribution is -2.56. The van der Waals surface area contributed by atoms with Crippen LogP contribution in [0.3, 0.4) is 0 Å². The first kappa shape index (κ1) is 20.7. The van der Waals surface area contributed by atoms with E-state index in [1.54, 1.807) is 37.3 Å². The highest BCUT2D eigenvalue weighted by molar-refractivity contribution is 5.95. The molecule has 1 saturated heterocycles. The van der Waals surface area contributed by atoms with Gasteiger partial charge in [-0.3, -0.25) is 4.79 Å². The van der Waals surface area contributed by atoms with Crippen LogP contribution in [0.1, 0.15) is 54.1 Å². The quantitative estimate of drug-likeness (QED) is 0.810. The average Bonchev–Trinajstić information content (AvgIpc) is 2.77. The number of piperidine rings is 1. The minimum absolute atomic E-state index is 0.0469. The van der Waals surface area contributed by atoms with Crippen LogP contribution in [0.2, 0.25) is 0 Å². The van der Waals surface area contributed by atoms with Gasteiger partial charge in [-0.2, -0.15) is 0 Å². The van der Waals surface area contributed by atoms with Crippen molar-refractivity contribution < 1.29 is 23.8 Å². The van der Waals surface area contributed by atoms with Gasteiger partial charge in [0.1, 0.15) is 17.3 Å². The molecule has 1 aliphatic heterocycles. The van der Waals surface area contributed by atoms with Crippen molar-refractivity contribution in [3.05, 3.63) is 59.4 Å². The number of nitrogens with zero attached hydrogens (tertiary/aromatic N) is 1. The largest absolute Gasteiger partial charge is 0.497 e. The second-order valence-electron chi connectivity index (χ2n) is 8.24. The van der Waals surface area contributed by atoms with E-state index in [1.165, 1.54) is 12.1 Å². The lowest BCUT2D eigenvalue weighted by atomic mass is 9.66. The zero-order valence-electron chi connectivity index (χ0n) is 17.4. The van der Waals surface area contributed by atoms with E-state index in [9.17, 15) is 14.3 Å². The van der Waals surface area contributed by atoms with E-state index in [1.807, 2.05) is 12.1 Å². The lowest BCUT2D eigenvalue weighted by molar-refractivity contribution is -0.115. The fraction of sp³-hybridized carbons (Fsp3) is 0.458. The van der Waals surface area contributed by atoms with Crippen LogP contribution in [0, 0.1) is 11.7 Å². The van der Waals surface area contributed by atoms with E-state index in [4.69, 9.17) is 9.47 Å². The van der Waals surface area contributed by atoms with Gasteiger partial charge in [0.2, 0.25) is 0 Å². The fourth-order valence-corrected chi connectivity index (χ4v) is 5.15. The molecular formula is C24H28FNO4. The number of methoxy groups -OCH3 is 2. The molecule has 6 heteroatoms. The standard InChI is InChI=1S/C24H28FNO4/c1-29-16-10-11-21(30-2)18(15-16)22-19-8-5-6-12-24(19,28)13-14-26(22)23(27)17-7-3-4-9-20(17)25/h3-4,7,9-11,15,19,22,28H,5-6,8,12-14H2,1-2H3/t19-,22+,24+/m0/s1. The number of rotatable bonds is 4. The predicted molar refractivity (Wildman–Crippen MR) is 111 cm³/mol. The van der Waals surface area contributed by atoms with Crippen LogP contribution in [0.25, 0.3) is 0 Å². The minimum atomic E-state index is -0.844. The molecule has 1 heterocycles.